The molecule has 0 unspecified atom stereocenters. The zero-order valence-corrected chi connectivity index (χ0v) is 14.3. The Morgan fingerprint density at radius 1 is 1.04 bits per heavy atom. The smallest absolute Gasteiger partial charge is 0.239 e. The fourth-order valence-electron chi connectivity index (χ4n) is 2.51. The van der Waals surface area contributed by atoms with E-state index < -0.39 is 0 Å². The van der Waals surface area contributed by atoms with Crippen LogP contribution in [0.15, 0.2) is 54.6 Å². The molecule has 0 aliphatic carbocycles. The molecule has 0 atom stereocenters. The van der Waals surface area contributed by atoms with Gasteiger partial charge in [0, 0.05) is 18.3 Å². The fraction of sp³-hybridized carbons (Fsp3) is 0.350. The van der Waals surface area contributed by atoms with Crippen LogP contribution in [-0.2, 0) is 11.2 Å². The van der Waals surface area contributed by atoms with Crippen molar-refractivity contribution < 1.29 is 4.79 Å². The Morgan fingerprint density at radius 2 is 1.70 bits per heavy atom. The van der Waals surface area contributed by atoms with Gasteiger partial charge in [-0.2, -0.15) is 0 Å². The van der Waals surface area contributed by atoms with Crippen LogP contribution in [0.4, 0.5) is 5.69 Å². The number of aryl methyl sites for hydroxylation is 1. The number of carbonyl (C=O) groups excluding carboxylic acids is 1. The van der Waals surface area contributed by atoms with Gasteiger partial charge in [-0.1, -0.05) is 48.0 Å². The van der Waals surface area contributed by atoms with Crippen molar-refractivity contribution in [1.29, 1.82) is 0 Å². The molecule has 0 heterocycles. The van der Waals surface area contributed by atoms with Crippen LogP contribution in [0.3, 0.4) is 0 Å². The number of hydrogen-bond acceptors (Lipinski definition) is 2. The van der Waals surface area contributed by atoms with Crippen molar-refractivity contribution in [3.63, 3.8) is 0 Å². The Morgan fingerprint density at radius 3 is 2.30 bits per heavy atom. The molecule has 0 spiro atoms. The maximum atomic E-state index is 12.2. The average molecular weight is 310 g/mol. The Hall–Kier alpha value is -2.29. The monoisotopic (exact) mass is 310 g/mol. The summed E-state index contributed by atoms with van der Waals surface area (Å²) < 4.78 is 0. The highest BCUT2D eigenvalue weighted by molar-refractivity contribution is 5.81. The predicted molar refractivity (Wildman–Crippen MR) is 96.8 cm³/mol. The molecule has 0 aliphatic rings. The predicted octanol–water partition coefficient (Wildman–Crippen LogP) is 3.57. The van der Waals surface area contributed by atoms with Crippen LogP contribution in [0, 0.1) is 6.92 Å². The van der Waals surface area contributed by atoms with E-state index in [2.05, 4.69) is 67.4 Å². The van der Waals surface area contributed by atoms with Crippen LogP contribution >= 0.6 is 0 Å². The van der Waals surface area contributed by atoms with Crippen LogP contribution < -0.4 is 10.2 Å². The van der Waals surface area contributed by atoms with Gasteiger partial charge >= 0.3 is 0 Å². The largest absolute Gasteiger partial charge is 0.360 e. The van der Waals surface area contributed by atoms with Crippen LogP contribution in [0.5, 0.6) is 0 Å². The van der Waals surface area contributed by atoms with Crippen molar-refractivity contribution in [3.05, 3.63) is 65.7 Å². The van der Waals surface area contributed by atoms with Gasteiger partial charge in [0.05, 0.1) is 6.54 Å². The number of nitrogens with zero attached hydrogens (tertiary/aromatic N) is 1. The molecule has 3 heteroatoms. The SMILES string of the molecule is Cc1ccc(N(CC(=O)NCCc2ccccc2)C(C)C)cc1. The number of amides is 1. The standard InChI is InChI=1S/C20H26N2O/c1-16(2)22(19-11-9-17(3)10-12-19)15-20(23)21-14-13-18-7-5-4-6-8-18/h4-12,16H,13-15H2,1-3H3,(H,21,23). The zero-order valence-electron chi connectivity index (χ0n) is 14.3. The summed E-state index contributed by atoms with van der Waals surface area (Å²) >= 11 is 0. The Bertz CT molecular complexity index is 605. The minimum atomic E-state index is 0.0650. The average Bonchev–Trinajstić information content (AvgIpc) is 2.54. The topological polar surface area (TPSA) is 32.3 Å². The molecular weight excluding hydrogens is 284 g/mol. The second-order valence-electron chi connectivity index (χ2n) is 6.14. The second-order valence-corrected chi connectivity index (χ2v) is 6.14. The van der Waals surface area contributed by atoms with E-state index in [0.29, 0.717) is 13.1 Å². The fourth-order valence-corrected chi connectivity index (χ4v) is 2.51. The van der Waals surface area contributed by atoms with Crippen molar-refractivity contribution in [2.24, 2.45) is 0 Å². The van der Waals surface area contributed by atoms with Crippen molar-refractivity contribution in [2.45, 2.75) is 33.2 Å². The molecule has 0 fully saturated rings. The molecular formula is C20H26N2O. The minimum absolute atomic E-state index is 0.0650. The summed E-state index contributed by atoms with van der Waals surface area (Å²) in [4.78, 5) is 14.4. The summed E-state index contributed by atoms with van der Waals surface area (Å²) in [5, 5.41) is 3.02. The van der Waals surface area contributed by atoms with Crippen molar-refractivity contribution >= 4 is 11.6 Å². The van der Waals surface area contributed by atoms with Crippen LogP contribution in [0.25, 0.3) is 0 Å². The summed E-state index contributed by atoms with van der Waals surface area (Å²) in [7, 11) is 0. The van der Waals surface area contributed by atoms with Gasteiger partial charge in [-0.3, -0.25) is 4.79 Å². The molecule has 122 valence electrons. The molecule has 1 N–H and O–H groups in total. The highest BCUT2D eigenvalue weighted by atomic mass is 16.2. The summed E-state index contributed by atoms with van der Waals surface area (Å²) in [5.41, 5.74) is 3.56. The summed E-state index contributed by atoms with van der Waals surface area (Å²) in [6.07, 6.45) is 0.860. The van der Waals surface area contributed by atoms with Gasteiger partial charge in [0.15, 0.2) is 0 Å². The molecule has 0 bridgehead atoms. The molecule has 0 radical (unpaired) electrons. The Balaban J connectivity index is 1.87. The molecule has 0 aliphatic heterocycles. The maximum absolute atomic E-state index is 12.2. The lowest BCUT2D eigenvalue weighted by molar-refractivity contribution is -0.119. The van der Waals surface area contributed by atoms with Gasteiger partial charge in [0.25, 0.3) is 0 Å². The number of carbonyl (C=O) groups is 1. The van der Waals surface area contributed by atoms with Gasteiger partial charge in [0.1, 0.15) is 0 Å². The first-order chi connectivity index (χ1) is 11.1. The molecule has 3 nitrogen and oxygen atoms in total. The minimum Gasteiger partial charge on any atom is -0.360 e. The van der Waals surface area contributed by atoms with Gasteiger partial charge in [-0.25, -0.2) is 0 Å². The van der Waals surface area contributed by atoms with Gasteiger partial charge < -0.3 is 10.2 Å². The number of anilines is 1. The van der Waals surface area contributed by atoms with Crippen molar-refractivity contribution in [1.82, 2.24) is 5.32 Å². The van der Waals surface area contributed by atoms with Crippen LogP contribution in [0.1, 0.15) is 25.0 Å². The van der Waals surface area contributed by atoms with E-state index in [-0.39, 0.29) is 11.9 Å². The molecule has 23 heavy (non-hydrogen) atoms. The summed E-state index contributed by atoms with van der Waals surface area (Å²) in [5.74, 6) is 0.0650. The Labute approximate surface area is 139 Å². The third-order valence-corrected chi connectivity index (χ3v) is 3.88. The molecule has 0 saturated carbocycles. The van der Waals surface area contributed by atoms with E-state index in [1.807, 2.05) is 18.2 Å². The highest BCUT2D eigenvalue weighted by Gasteiger charge is 2.14. The molecule has 1 amide bonds. The molecule has 0 aromatic heterocycles. The lowest BCUT2D eigenvalue weighted by Gasteiger charge is -2.28. The normalized spacial score (nSPS) is 10.6. The maximum Gasteiger partial charge on any atom is 0.239 e. The third kappa shape index (κ3) is 5.44. The first kappa shape index (κ1) is 17.1. The first-order valence-electron chi connectivity index (χ1n) is 8.20. The number of rotatable bonds is 7. The zero-order chi connectivity index (χ0) is 16.7. The summed E-state index contributed by atoms with van der Waals surface area (Å²) in [6, 6.07) is 18.8. The Kier molecular flexibility index (Phi) is 6.21. The van der Waals surface area contributed by atoms with Crippen LogP contribution in [-0.4, -0.2) is 25.0 Å². The molecule has 0 saturated heterocycles. The van der Waals surface area contributed by atoms with E-state index in [0.717, 1.165) is 12.1 Å². The van der Waals surface area contributed by atoms with Gasteiger partial charge in [0.2, 0.25) is 5.91 Å². The van der Waals surface area contributed by atoms with Gasteiger partial charge in [-0.15, -0.1) is 0 Å². The van der Waals surface area contributed by atoms with E-state index >= 15 is 0 Å². The van der Waals surface area contributed by atoms with Gasteiger partial charge in [-0.05, 0) is 44.9 Å². The number of nitrogens with one attached hydrogen (secondary N) is 1. The first-order valence-corrected chi connectivity index (χ1v) is 8.20. The second kappa shape index (κ2) is 8.37. The lowest BCUT2D eigenvalue weighted by Crippen LogP contribution is -2.41. The van der Waals surface area contributed by atoms with E-state index in [1.165, 1.54) is 11.1 Å². The lowest BCUT2D eigenvalue weighted by atomic mass is 10.1. The highest BCUT2D eigenvalue weighted by Crippen LogP contribution is 2.17. The molecule has 2 aromatic carbocycles. The molecule has 2 aromatic rings. The quantitative estimate of drug-likeness (QED) is 0.848. The number of hydrogen-bond donors (Lipinski definition) is 1. The number of benzene rings is 2. The summed E-state index contributed by atoms with van der Waals surface area (Å²) in [6.45, 7) is 7.34. The van der Waals surface area contributed by atoms with E-state index in [1.54, 1.807) is 0 Å². The van der Waals surface area contributed by atoms with E-state index in [4.69, 9.17) is 0 Å². The van der Waals surface area contributed by atoms with Crippen LogP contribution in [0.2, 0.25) is 0 Å². The van der Waals surface area contributed by atoms with E-state index in [9.17, 15) is 4.79 Å². The third-order valence-electron chi connectivity index (χ3n) is 3.88. The van der Waals surface area contributed by atoms with Crippen molar-refractivity contribution in [2.75, 3.05) is 18.0 Å². The van der Waals surface area contributed by atoms with Crippen molar-refractivity contribution in [3.8, 4) is 0 Å². The molecule has 2 rings (SSSR count).